The lowest BCUT2D eigenvalue weighted by molar-refractivity contribution is 0.0845. The Morgan fingerprint density at radius 3 is 2.77 bits per heavy atom. The van der Waals surface area contributed by atoms with Crippen LogP contribution in [0.1, 0.15) is 6.42 Å². The summed E-state index contributed by atoms with van der Waals surface area (Å²) in [6.45, 7) is 6.03. The van der Waals surface area contributed by atoms with E-state index in [1.54, 1.807) is 6.08 Å². The lowest BCUT2D eigenvalue weighted by Gasteiger charge is -2.03. The molecule has 0 fully saturated rings. The van der Waals surface area contributed by atoms with Gasteiger partial charge in [0.05, 0.1) is 0 Å². The molecule has 5 heteroatoms. The van der Waals surface area contributed by atoms with Crippen LogP contribution in [-0.2, 0) is 4.74 Å². The van der Waals surface area contributed by atoms with Gasteiger partial charge in [-0.1, -0.05) is 6.08 Å². The minimum atomic E-state index is -1.25. The highest BCUT2D eigenvalue weighted by molar-refractivity contribution is 5.56. The van der Waals surface area contributed by atoms with E-state index in [-0.39, 0.29) is 6.73 Å². The summed E-state index contributed by atoms with van der Waals surface area (Å²) in [4.78, 5) is 9.89. The average Bonchev–Trinajstić information content (AvgIpc) is 2.09. The summed E-state index contributed by atoms with van der Waals surface area (Å²) in [5.41, 5.74) is 0. The molecule has 3 N–H and O–H groups in total. The smallest absolute Gasteiger partial charge is 0.450 e. The highest BCUT2D eigenvalue weighted by atomic mass is 16.7. The van der Waals surface area contributed by atoms with Gasteiger partial charge < -0.3 is 15.2 Å². The number of carbonyl (C=O) groups is 1. The van der Waals surface area contributed by atoms with Crippen LogP contribution in [0.2, 0.25) is 0 Å². The van der Waals surface area contributed by atoms with Gasteiger partial charge in [-0.25, -0.2) is 4.79 Å². The first kappa shape index (κ1) is 11.9. The van der Waals surface area contributed by atoms with E-state index < -0.39 is 6.16 Å². The second kappa shape index (κ2) is 9.02. The Bertz CT molecular complexity index is 150. The molecule has 0 aromatic carbocycles. The first-order valence-corrected chi connectivity index (χ1v) is 4.15. The normalized spacial score (nSPS) is 9.54. The van der Waals surface area contributed by atoms with E-state index in [4.69, 9.17) is 5.11 Å². The van der Waals surface area contributed by atoms with Crippen LogP contribution in [0.25, 0.3) is 0 Å². The molecule has 5 nitrogen and oxygen atoms in total. The summed E-state index contributed by atoms with van der Waals surface area (Å²) in [5.74, 6) is 0. The van der Waals surface area contributed by atoms with Crippen molar-refractivity contribution in [3.63, 3.8) is 0 Å². The van der Waals surface area contributed by atoms with E-state index in [1.165, 1.54) is 0 Å². The van der Waals surface area contributed by atoms with Gasteiger partial charge in [-0.2, -0.15) is 0 Å². The van der Waals surface area contributed by atoms with E-state index in [0.717, 1.165) is 26.1 Å². The van der Waals surface area contributed by atoms with E-state index in [9.17, 15) is 4.79 Å². The number of hydrogen-bond acceptors (Lipinski definition) is 4. The average molecular weight is 188 g/mol. The Morgan fingerprint density at radius 1 is 1.46 bits per heavy atom. The van der Waals surface area contributed by atoms with Crippen molar-refractivity contribution < 1.29 is 14.6 Å². The van der Waals surface area contributed by atoms with Gasteiger partial charge in [-0.3, -0.25) is 5.32 Å². The van der Waals surface area contributed by atoms with E-state index >= 15 is 0 Å². The fraction of sp³-hybridized carbons (Fsp3) is 0.625. The maximum atomic E-state index is 9.89. The fourth-order valence-corrected chi connectivity index (χ4v) is 0.727. The topological polar surface area (TPSA) is 70.6 Å². The van der Waals surface area contributed by atoms with Crippen LogP contribution >= 0.6 is 0 Å². The molecule has 0 aliphatic heterocycles. The maximum absolute atomic E-state index is 9.89. The SMILES string of the molecule is C=CCNCCCNCOC(=O)O. The molecule has 0 heterocycles. The van der Waals surface area contributed by atoms with Gasteiger partial charge in [0.1, 0.15) is 6.73 Å². The molecule has 0 aromatic rings. The van der Waals surface area contributed by atoms with Crippen LogP contribution in [0.15, 0.2) is 12.7 Å². The number of rotatable bonds is 8. The van der Waals surface area contributed by atoms with Crippen LogP contribution in [0.5, 0.6) is 0 Å². The summed E-state index contributed by atoms with van der Waals surface area (Å²) in [6, 6.07) is 0. The molecule has 0 amide bonds. The summed E-state index contributed by atoms with van der Waals surface area (Å²) in [7, 11) is 0. The van der Waals surface area contributed by atoms with Crippen LogP contribution in [0.3, 0.4) is 0 Å². The first-order chi connectivity index (χ1) is 6.27. The maximum Gasteiger partial charge on any atom is 0.507 e. The lowest BCUT2D eigenvalue weighted by Crippen LogP contribution is -2.24. The Hall–Kier alpha value is -1.07. The molecule has 13 heavy (non-hydrogen) atoms. The van der Waals surface area contributed by atoms with Crippen molar-refractivity contribution in [2.75, 3.05) is 26.4 Å². The third-order valence-electron chi connectivity index (χ3n) is 1.29. The van der Waals surface area contributed by atoms with Crippen molar-refractivity contribution in [2.45, 2.75) is 6.42 Å². The molecule has 0 aliphatic rings. The summed E-state index contributed by atoms with van der Waals surface area (Å²) >= 11 is 0. The van der Waals surface area contributed by atoms with Crippen LogP contribution in [0.4, 0.5) is 4.79 Å². The van der Waals surface area contributed by atoms with Gasteiger partial charge in [0.2, 0.25) is 0 Å². The van der Waals surface area contributed by atoms with E-state index in [0.29, 0.717) is 0 Å². The third-order valence-corrected chi connectivity index (χ3v) is 1.29. The first-order valence-electron chi connectivity index (χ1n) is 4.15. The lowest BCUT2D eigenvalue weighted by atomic mass is 10.4. The zero-order chi connectivity index (χ0) is 9.94. The number of nitrogens with one attached hydrogen (secondary N) is 2. The Morgan fingerprint density at radius 2 is 2.15 bits per heavy atom. The molecule has 0 atom stereocenters. The van der Waals surface area contributed by atoms with Crippen molar-refractivity contribution in [3.05, 3.63) is 12.7 Å². The predicted octanol–water partition coefficient (Wildman–Crippen LogP) is 0.394. The minimum Gasteiger partial charge on any atom is -0.450 e. The van der Waals surface area contributed by atoms with Gasteiger partial charge in [0.25, 0.3) is 0 Å². The van der Waals surface area contributed by atoms with Gasteiger partial charge in [0, 0.05) is 6.54 Å². The van der Waals surface area contributed by atoms with Gasteiger partial charge in [-0.05, 0) is 19.5 Å². The van der Waals surface area contributed by atoms with Gasteiger partial charge in [-0.15, -0.1) is 6.58 Å². The number of ether oxygens (including phenoxy) is 1. The highest BCUT2D eigenvalue weighted by Crippen LogP contribution is 1.75. The third kappa shape index (κ3) is 10.9. The monoisotopic (exact) mass is 188 g/mol. The Balaban J connectivity index is 2.91. The number of carboxylic acid groups (broad SMARTS) is 1. The van der Waals surface area contributed by atoms with Crippen molar-refractivity contribution in [3.8, 4) is 0 Å². The standard InChI is InChI=1S/C8H16N2O3/c1-2-4-9-5-3-6-10-7-13-8(11)12/h2,9-10H,1,3-7H2,(H,11,12). The molecule has 76 valence electrons. The molecule has 0 aromatic heterocycles. The molecule has 0 radical (unpaired) electrons. The highest BCUT2D eigenvalue weighted by Gasteiger charge is 1.93. The molecular formula is C8H16N2O3. The van der Waals surface area contributed by atoms with Crippen LogP contribution < -0.4 is 10.6 Å². The van der Waals surface area contributed by atoms with Crippen molar-refractivity contribution in [1.82, 2.24) is 10.6 Å². The summed E-state index contributed by atoms with van der Waals surface area (Å²) < 4.78 is 4.24. The predicted molar refractivity (Wildman–Crippen MR) is 49.7 cm³/mol. The second-order valence-electron chi connectivity index (χ2n) is 2.40. The molecule has 0 spiro atoms. The molecule has 0 rings (SSSR count). The molecule has 0 bridgehead atoms. The van der Waals surface area contributed by atoms with Gasteiger partial charge >= 0.3 is 6.16 Å². The Kier molecular flexibility index (Phi) is 8.28. The minimum absolute atomic E-state index is 0.0524. The van der Waals surface area contributed by atoms with Gasteiger partial charge in [0.15, 0.2) is 0 Å². The van der Waals surface area contributed by atoms with E-state index in [1.807, 2.05) is 0 Å². The summed E-state index contributed by atoms with van der Waals surface area (Å²) in [6.07, 6.45) is 1.47. The second-order valence-corrected chi connectivity index (χ2v) is 2.40. The zero-order valence-electron chi connectivity index (χ0n) is 7.58. The van der Waals surface area contributed by atoms with Crippen LogP contribution in [0, 0.1) is 0 Å². The quantitative estimate of drug-likeness (QED) is 0.222. The number of hydrogen-bond donors (Lipinski definition) is 3. The molecule has 0 unspecified atom stereocenters. The molecule has 0 saturated heterocycles. The molecular weight excluding hydrogens is 172 g/mol. The molecule has 0 aliphatic carbocycles. The fourth-order valence-electron chi connectivity index (χ4n) is 0.727. The van der Waals surface area contributed by atoms with E-state index in [2.05, 4.69) is 21.9 Å². The van der Waals surface area contributed by atoms with Crippen molar-refractivity contribution >= 4 is 6.16 Å². The zero-order valence-corrected chi connectivity index (χ0v) is 7.58. The Labute approximate surface area is 77.8 Å². The van der Waals surface area contributed by atoms with Crippen molar-refractivity contribution in [1.29, 1.82) is 0 Å². The summed E-state index contributed by atoms with van der Waals surface area (Å²) in [5, 5.41) is 14.0. The molecule has 0 saturated carbocycles. The van der Waals surface area contributed by atoms with Crippen LogP contribution in [-0.4, -0.2) is 37.6 Å². The largest absolute Gasteiger partial charge is 0.507 e. The van der Waals surface area contributed by atoms with Crippen molar-refractivity contribution in [2.24, 2.45) is 0 Å².